The summed E-state index contributed by atoms with van der Waals surface area (Å²) in [5.41, 5.74) is 0.510. The average molecular weight is 593 g/mol. The van der Waals surface area contributed by atoms with Gasteiger partial charge in [-0.2, -0.15) is 13.2 Å². The third-order valence-electron chi connectivity index (χ3n) is 5.54. The van der Waals surface area contributed by atoms with Crippen molar-refractivity contribution in [3.8, 4) is 17.0 Å². The molecule has 0 bridgehead atoms. The molecule has 39 heavy (non-hydrogen) atoms. The molecule has 0 radical (unpaired) electrons. The van der Waals surface area contributed by atoms with E-state index in [0.29, 0.717) is 39.2 Å². The highest BCUT2D eigenvalue weighted by atomic mass is 35.5. The zero-order valence-corrected chi connectivity index (χ0v) is 22.5. The van der Waals surface area contributed by atoms with Crippen molar-refractivity contribution in [3.63, 3.8) is 0 Å². The lowest BCUT2D eigenvalue weighted by atomic mass is 10.1. The fraction of sp³-hybridized carbons (Fsp3) is 0.185. The van der Waals surface area contributed by atoms with E-state index in [2.05, 4.69) is 4.98 Å². The molecular weight excluding hydrogens is 573 g/mol. The van der Waals surface area contributed by atoms with Gasteiger partial charge in [0.1, 0.15) is 10.1 Å². The molecule has 12 heteroatoms. The van der Waals surface area contributed by atoms with Crippen LogP contribution < -0.4 is 4.74 Å². The molecule has 0 unspecified atom stereocenters. The molecule has 2 aromatic carbocycles. The van der Waals surface area contributed by atoms with Crippen molar-refractivity contribution in [2.24, 2.45) is 0 Å². The first-order valence-electron chi connectivity index (χ1n) is 11.5. The maximum absolute atomic E-state index is 13.2. The lowest BCUT2D eigenvalue weighted by Gasteiger charge is -2.14. The quantitative estimate of drug-likeness (QED) is 0.168. The van der Waals surface area contributed by atoms with E-state index in [1.165, 1.54) is 17.0 Å². The Morgan fingerprint density at radius 1 is 1.15 bits per heavy atom. The minimum Gasteiger partial charge on any atom is -0.494 e. The molecule has 1 aliphatic rings. The minimum absolute atomic E-state index is 0.106. The number of carbonyl (C=O) groups excluding carboxylic acids is 1. The molecule has 1 amide bonds. The van der Waals surface area contributed by atoms with Gasteiger partial charge in [-0.1, -0.05) is 53.8 Å². The zero-order chi connectivity index (χ0) is 28.2. The molecule has 0 atom stereocenters. The molecule has 2 heterocycles. The maximum Gasteiger partial charge on any atom is 0.416 e. The Labute approximate surface area is 236 Å². The smallest absolute Gasteiger partial charge is 0.416 e. The summed E-state index contributed by atoms with van der Waals surface area (Å²) in [7, 11) is 0. The van der Waals surface area contributed by atoms with Crippen molar-refractivity contribution >= 4 is 57.9 Å². The first-order chi connectivity index (χ1) is 18.5. The number of hydrogen-bond acceptors (Lipinski definition) is 6. The van der Waals surface area contributed by atoms with Crippen molar-refractivity contribution in [2.45, 2.75) is 19.0 Å². The molecule has 4 rings (SSSR count). The summed E-state index contributed by atoms with van der Waals surface area (Å²) in [6.07, 6.45) is -2.62. The molecule has 1 N–H and O–H groups in total. The Hall–Kier alpha value is -3.41. The summed E-state index contributed by atoms with van der Waals surface area (Å²) in [6.45, 7) is 0.595. The number of benzene rings is 2. The SMILES string of the molecule is O=C(O)Cc1cccc(OCCCN2C(=O)C(=Cc3cccc(-c4cc(C(F)(F)F)ccc4Cl)n3)SC2=S)c1. The van der Waals surface area contributed by atoms with E-state index < -0.39 is 17.7 Å². The van der Waals surface area contributed by atoms with Crippen LogP contribution in [0.15, 0.2) is 65.6 Å². The van der Waals surface area contributed by atoms with Crippen LogP contribution in [-0.2, 0) is 22.2 Å². The maximum atomic E-state index is 13.2. The number of amides is 1. The van der Waals surface area contributed by atoms with Gasteiger partial charge < -0.3 is 9.84 Å². The first-order valence-corrected chi connectivity index (χ1v) is 13.1. The van der Waals surface area contributed by atoms with Crippen molar-refractivity contribution in [3.05, 3.63) is 87.4 Å². The molecule has 1 saturated heterocycles. The second-order valence-electron chi connectivity index (χ2n) is 8.39. The van der Waals surface area contributed by atoms with Gasteiger partial charge in [0.05, 0.1) is 34.9 Å². The van der Waals surface area contributed by atoms with Crippen LogP contribution >= 0.6 is 35.6 Å². The standard InChI is InChI=1S/C27H20ClF3N2O4S2/c28-21-9-8-17(27(29,30)31)14-20(21)22-7-2-5-18(32-22)15-23-25(36)33(26(38)39-23)10-3-11-37-19-6-1-4-16(12-19)13-24(34)35/h1-2,4-9,12,14-15H,3,10-11,13H2,(H,34,35). The number of ether oxygens (including phenoxy) is 1. The van der Waals surface area contributed by atoms with Crippen LogP contribution in [0, 0.1) is 0 Å². The van der Waals surface area contributed by atoms with Crippen LogP contribution in [0.4, 0.5) is 13.2 Å². The number of nitrogens with zero attached hydrogens (tertiary/aromatic N) is 2. The minimum atomic E-state index is -4.53. The monoisotopic (exact) mass is 592 g/mol. The van der Waals surface area contributed by atoms with E-state index in [0.717, 1.165) is 23.9 Å². The highest BCUT2D eigenvalue weighted by Crippen LogP contribution is 2.36. The highest BCUT2D eigenvalue weighted by molar-refractivity contribution is 8.26. The van der Waals surface area contributed by atoms with E-state index in [1.54, 1.807) is 42.5 Å². The number of carboxylic acid groups (broad SMARTS) is 1. The summed E-state index contributed by atoms with van der Waals surface area (Å²) in [5.74, 6) is -0.709. The Balaban J connectivity index is 1.41. The number of alkyl halides is 3. The highest BCUT2D eigenvalue weighted by Gasteiger charge is 2.32. The molecule has 0 spiro atoms. The van der Waals surface area contributed by atoms with Crippen LogP contribution in [-0.4, -0.2) is 44.3 Å². The van der Waals surface area contributed by atoms with Gasteiger partial charge in [0.15, 0.2) is 0 Å². The fourth-order valence-electron chi connectivity index (χ4n) is 3.74. The van der Waals surface area contributed by atoms with Gasteiger partial charge in [0.25, 0.3) is 5.91 Å². The molecule has 1 aromatic heterocycles. The Morgan fingerprint density at radius 3 is 2.67 bits per heavy atom. The number of carbonyl (C=O) groups is 2. The van der Waals surface area contributed by atoms with Gasteiger partial charge in [-0.3, -0.25) is 14.5 Å². The van der Waals surface area contributed by atoms with Gasteiger partial charge in [-0.25, -0.2) is 4.98 Å². The Kier molecular flexibility index (Phi) is 8.94. The van der Waals surface area contributed by atoms with Gasteiger partial charge in [-0.05, 0) is 60.5 Å². The van der Waals surface area contributed by atoms with Crippen LogP contribution in [0.5, 0.6) is 5.75 Å². The van der Waals surface area contributed by atoms with E-state index in [4.69, 9.17) is 33.7 Å². The summed E-state index contributed by atoms with van der Waals surface area (Å²) in [4.78, 5) is 30.0. The van der Waals surface area contributed by atoms with Crippen LogP contribution in [0.25, 0.3) is 17.3 Å². The average Bonchev–Trinajstić information content (AvgIpc) is 3.13. The second kappa shape index (κ2) is 12.2. The van der Waals surface area contributed by atoms with E-state index in [9.17, 15) is 22.8 Å². The molecule has 1 fully saturated rings. The second-order valence-corrected chi connectivity index (χ2v) is 10.5. The number of thiocarbonyl (C=S) groups is 1. The predicted octanol–water partition coefficient (Wildman–Crippen LogP) is 6.72. The Morgan fingerprint density at radius 2 is 1.92 bits per heavy atom. The van der Waals surface area contributed by atoms with Gasteiger partial charge in [0, 0.05) is 17.1 Å². The molecule has 0 saturated carbocycles. The normalized spacial score (nSPS) is 14.8. The van der Waals surface area contributed by atoms with E-state index >= 15 is 0 Å². The number of thioether (sulfide) groups is 1. The molecule has 202 valence electrons. The van der Waals surface area contributed by atoms with Gasteiger partial charge >= 0.3 is 12.1 Å². The summed E-state index contributed by atoms with van der Waals surface area (Å²) < 4.78 is 45.6. The van der Waals surface area contributed by atoms with Crippen molar-refractivity contribution in [1.29, 1.82) is 0 Å². The number of hydrogen-bond donors (Lipinski definition) is 1. The number of aromatic nitrogens is 1. The lowest BCUT2D eigenvalue weighted by molar-refractivity contribution is -0.138. The number of aliphatic carboxylic acids is 1. The summed E-state index contributed by atoms with van der Waals surface area (Å²) in [6, 6.07) is 14.6. The number of rotatable bonds is 9. The third kappa shape index (κ3) is 7.37. The van der Waals surface area contributed by atoms with Crippen LogP contribution in [0.2, 0.25) is 5.02 Å². The molecule has 1 aliphatic heterocycles. The fourth-order valence-corrected chi connectivity index (χ4v) is 5.25. The molecule has 0 aliphatic carbocycles. The predicted molar refractivity (Wildman–Crippen MR) is 147 cm³/mol. The number of pyridine rings is 1. The van der Waals surface area contributed by atoms with Crippen molar-refractivity contribution < 1.29 is 32.6 Å². The topological polar surface area (TPSA) is 79.7 Å². The Bertz CT molecular complexity index is 1460. The first kappa shape index (κ1) is 28.6. The molecular formula is C27H20ClF3N2O4S2. The summed E-state index contributed by atoms with van der Waals surface area (Å²) >= 11 is 12.6. The van der Waals surface area contributed by atoms with Crippen molar-refractivity contribution in [2.75, 3.05) is 13.2 Å². The van der Waals surface area contributed by atoms with Gasteiger partial charge in [-0.15, -0.1) is 0 Å². The zero-order valence-electron chi connectivity index (χ0n) is 20.1. The number of halogens is 4. The van der Waals surface area contributed by atoms with Crippen LogP contribution in [0.1, 0.15) is 23.2 Å². The van der Waals surface area contributed by atoms with E-state index in [-0.39, 0.29) is 35.2 Å². The van der Waals surface area contributed by atoms with E-state index in [1.807, 2.05) is 0 Å². The van der Waals surface area contributed by atoms with Gasteiger partial charge in [0.2, 0.25) is 0 Å². The number of carboxylic acids is 1. The largest absolute Gasteiger partial charge is 0.494 e. The van der Waals surface area contributed by atoms with Crippen molar-refractivity contribution in [1.82, 2.24) is 9.88 Å². The van der Waals surface area contributed by atoms with Crippen LogP contribution in [0.3, 0.4) is 0 Å². The third-order valence-corrected chi connectivity index (χ3v) is 7.25. The lowest BCUT2D eigenvalue weighted by Crippen LogP contribution is -2.29. The summed E-state index contributed by atoms with van der Waals surface area (Å²) in [5, 5.41) is 9.05. The molecule has 6 nitrogen and oxygen atoms in total. The molecule has 3 aromatic rings.